The van der Waals surface area contributed by atoms with Gasteiger partial charge < -0.3 is 4.57 Å². The van der Waals surface area contributed by atoms with Crippen LogP contribution in [0.25, 0.3) is 127 Å². The van der Waals surface area contributed by atoms with Crippen LogP contribution in [-0.2, 0) is 5.41 Å². The summed E-state index contributed by atoms with van der Waals surface area (Å²) < 4.78 is 4.69. The number of rotatable bonds is 7. The fourth-order valence-electron chi connectivity index (χ4n) is 10.7. The highest BCUT2D eigenvalue weighted by Gasteiger charge is 2.35. The summed E-state index contributed by atoms with van der Waals surface area (Å²) >= 11 is 1.76. The maximum atomic E-state index is 5.49. The van der Waals surface area contributed by atoms with Gasteiger partial charge in [0.05, 0.1) is 16.7 Å². The maximum Gasteiger partial charge on any atom is 0.166 e. The lowest BCUT2D eigenvalue weighted by molar-refractivity contribution is 0.660. The summed E-state index contributed by atoms with van der Waals surface area (Å²) in [5, 5.41) is 4.72. The van der Waals surface area contributed by atoms with Crippen molar-refractivity contribution in [3.63, 3.8) is 0 Å². The lowest BCUT2D eigenvalue weighted by Gasteiger charge is -2.22. The topological polar surface area (TPSA) is 82.3 Å². The Kier molecular flexibility index (Phi) is 9.28. The number of thiophene rings is 1. The Hall–Kier alpha value is -8.98. The molecular weight excluding hydrogens is 887 g/mol. The molecule has 0 atom stereocenters. The van der Waals surface area contributed by atoms with E-state index in [-0.39, 0.29) is 5.41 Å². The number of hydrogen-bond acceptors (Lipinski definition) is 7. The average molecular weight is 928 g/mol. The smallest absolute Gasteiger partial charge is 0.166 e. The van der Waals surface area contributed by atoms with Crippen molar-refractivity contribution in [2.45, 2.75) is 19.3 Å². The van der Waals surface area contributed by atoms with Crippen LogP contribution in [0.3, 0.4) is 0 Å². The molecule has 0 fully saturated rings. The summed E-state index contributed by atoms with van der Waals surface area (Å²) in [4.78, 5) is 32.0. The van der Waals surface area contributed by atoms with Gasteiger partial charge in [-0.25, -0.2) is 29.9 Å². The van der Waals surface area contributed by atoms with Gasteiger partial charge in [-0.2, -0.15) is 0 Å². The van der Waals surface area contributed by atoms with E-state index in [1.165, 1.54) is 37.7 Å². The number of nitrogens with zero attached hydrogens (tertiary/aromatic N) is 7. The second-order valence-corrected chi connectivity index (χ2v) is 19.7. The first-order chi connectivity index (χ1) is 34.9. The normalized spacial score (nSPS) is 12.8. The predicted octanol–water partition coefficient (Wildman–Crippen LogP) is 15.8. The Balaban J connectivity index is 1.03. The molecule has 0 saturated heterocycles. The molecule has 71 heavy (non-hydrogen) atoms. The van der Waals surface area contributed by atoms with Crippen LogP contribution in [0.4, 0.5) is 0 Å². The molecule has 7 nitrogen and oxygen atoms in total. The second-order valence-electron chi connectivity index (χ2n) is 18.7. The highest BCUT2D eigenvalue weighted by molar-refractivity contribution is 7.26. The third-order valence-electron chi connectivity index (χ3n) is 14.1. The van der Waals surface area contributed by atoms with E-state index in [1.54, 1.807) is 11.3 Å². The van der Waals surface area contributed by atoms with Gasteiger partial charge in [-0.3, -0.25) is 0 Å². The van der Waals surface area contributed by atoms with Crippen LogP contribution in [0.5, 0.6) is 0 Å². The zero-order valence-corrected chi connectivity index (χ0v) is 39.6. The zero-order valence-electron chi connectivity index (χ0n) is 38.7. The predicted molar refractivity (Wildman–Crippen MR) is 291 cm³/mol. The van der Waals surface area contributed by atoms with Crippen LogP contribution in [-0.4, -0.2) is 34.5 Å². The first-order valence-corrected chi connectivity index (χ1v) is 24.7. The third kappa shape index (κ3) is 6.63. The van der Waals surface area contributed by atoms with E-state index >= 15 is 0 Å². The molecule has 0 amide bonds. The van der Waals surface area contributed by atoms with Crippen molar-refractivity contribution in [1.29, 1.82) is 0 Å². The largest absolute Gasteiger partial charge is 0.309 e. The molecule has 13 aromatic rings. The Bertz CT molecular complexity index is 4220. The molecule has 0 radical (unpaired) electrons. The Morgan fingerprint density at radius 3 is 1.49 bits per heavy atom. The molecule has 334 valence electrons. The molecule has 1 aliphatic rings. The minimum absolute atomic E-state index is 0.206. The summed E-state index contributed by atoms with van der Waals surface area (Å²) in [6.07, 6.45) is 0. The summed E-state index contributed by atoms with van der Waals surface area (Å²) in [6.45, 7) is 4.61. The van der Waals surface area contributed by atoms with E-state index in [0.717, 1.165) is 65.6 Å². The van der Waals surface area contributed by atoms with Crippen molar-refractivity contribution in [2.75, 3.05) is 0 Å². The van der Waals surface area contributed by atoms with Crippen molar-refractivity contribution in [3.8, 4) is 85.1 Å². The summed E-state index contributed by atoms with van der Waals surface area (Å²) in [7, 11) is 0. The molecule has 4 aromatic heterocycles. The van der Waals surface area contributed by atoms with Crippen LogP contribution in [0.2, 0.25) is 0 Å². The molecule has 0 saturated carbocycles. The summed E-state index contributed by atoms with van der Waals surface area (Å²) in [5.74, 6) is 3.44. The summed E-state index contributed by atoms with van der Waals surface area (Å²) in [6, 6.07) is 74.3. The molecule has 0 N–H and O–H groups in total. The van der Waals surface area contributed by atoms with Crippen LogP contribution >= 0.6 is 11.3 Å². The van der Waals surface area contributed by atoms with Gasteiger partial charge in [-0.15, -0.1) is 11.3 Å². The van der Waals surface area contributed by atoms with Crippen molar-refractivity contribution in [1.82, 2.24) is 34.5 Å². The molecule has 9 aromatic carbocycles. The van der Waals surface area contributed by atoms with Gasteiger partial charge >= 0.3 is 0 Å². The number of fused-ring (bicyclic) bond motifs is 9. The zero-order chi connectivity index (χ0) is 47.2. The molecule has 4 heterocycles. The van der Waals surface area contributed by atoms with Crippen molar-refractivity contribution in [2.24, 2.45) is 0 Å². The van der Waals surface area contributed by atoms with E-state index in [2.05, 4.69) is 194 Å². The van der Waals surface area contributed by atoms with Gasteiger partial charge in [0.15, 0.2) is 34.9 Å². The Morgan fingerprint density at radius 1 is 0.338 bits per heavy atom. The monoisotopic (exact) mass is 927 g/mol. The lowest BCUT2D eigenvalue weighted by atomic mass is 9.82. The van der Waals surface area contributed by atoms with E-state index < -0.39 is 0 Å². The standard InChI is InChI=1S/C63H41N7S/c1-63(2)50-28-13-9-22-42(50)43-34-32-41(37-51(43)63)60-65-58(39-20-7-4-8-21-39)67-62(69-60)49-36-40(33-35-54(49)70-52-29-14-10-23-44(52)45-24-11-15-30-53(45)70)59-64-57(38-18-5-3-6-19-38)66-61(68-59)48-27-17-26-47-46-25-12-16-31-55(46)71-56(47)48/h3-37H,1-2H3. The number of benzene rings is 9. The fraction of sp³-hybridized carbons (Fsp3) is 0.0476. The minimum atomic E-state index is -0.206. The quantitative estimate of drug-likeness (QED) is 0.158. The fourth-order valence-corrected chi connectivity index (χ4v) is 11.9. The molecule has 8 heteroatoms. The molecular formula is C63H41N7S. The first kappa shape index (κ1) is 41.0. The van der Waals surface area contributed by atoms with E-state index in [4.69, 9.17) is 29.9 Å². The maximum absolute atomic E-state index is 5.49. The highest BCUT2D eigenvalue weighted by Crippen LogP contribution is 2.50. The number of para-hydroxylation sites is 2. The highest BCUT2D eigenvalue weighted by atomic mass is 32.1. The molecule has 0 spiro atoms. The van der Waals surface area contributed by atoms with Gasteiger partial charge in [-0.1, -0.05) is 178 Å². The van der Waals surface area contributed by atoms with Crippen molar-refractivity contribution >= 4 is 53.3 Å². The molecule has 0 unspecified atom stereocenters. The second kappa shape index (κ2) is 16.1. The molecule has 0 bridgehead atoms. The van der Waals surface area contributed by atoms with E-state index in [0.29, 0.717) is 34.9 Å². The third-order valence-corrected chi connectivity index (χ3v) is 15.4. The van der Waals surface area contributed by atoms with Crippen molar-refractivity contribution in [3.05, 3.63) is 223 Å². The van der Waals surface area contributed by atoms with Gasteiger partial charge in [-0.05, 0) is 70.8 Å². The van der Waals surface area contributed by atoms with Gasteiger partial charge in [0.25, 0.3) is 0 Å². The molecule has 14 rings (SSSR count). The minimum Gasteiger partial charge on any atom is -0.309 e. The molecule has 1 aliphatic carbocycles. The van der Waals surface area contributed by atoms with Crippen molar-refractivity contribution < 1.29 is 0 Å². The number of hydrogen-bond donors (Lipinski definition) is 0. The summed E-state index contributed by atoms with van der Waals surface area (Å²) in [5.41, 5.74) is 13.2. The van der Waals surface area contributed by atoms with Crippen LogP contribution in [0, 0.1) is 0 Å². The number of aromatic nitrogens is 7. The van der Waals surface area contributed by atoms with E-state index in [9.17, 15) is 0 Å². The van der Waals surface area contributed by atoms with Crippen LogP contribution in [0.1, 0.15) is 25.0 Å². The Labute approximate surface area is 413 Å². The van der Waals surface area contributed by atoms with Crippen LogP contribution in [0.15, 0.2) is 212 Å². The Morgan fingerprint density at radius 2 is 0.817 bits per heavy atom. The van der Waals surface area contributed by atoms with Gasteiger partial charge in [0.2, 0.25) is 0 Å². The first-order valence-electron chi connectivity index (χ1n) is 23.9. The SMILES string of the molecule is CC1(C)c2ccccc2-c2ccc(-c3nc(-c4ccccc4)nc(-c4cc(-c5nc(-c6ccccc6)nc(-c6cccc7c6sc6ccccc67)n5)ccc4-n4c5ccccc5c5ccccc54)n3)cc21. The van der Waals surface area contributed by atoms with Gasteiger partial charge in [0, 0.05) is 69.7 Å². The van der Waals surface area contributed by atoms with E-state index in [1.807, 2.05) is 36.4 Å². The average Bonchev–Trinajstić information content (AvgIpc) is 4.06. The molecule has 0 aliphatic heterocycles. The van der Waals surface area contributed by atoms with Gasteiger partial charge in [0.1, 0.15) is 0 Å². The van der Waals surface area contributed by atoms with Crippen LogP contribution < -0.4 is 0 Å². The lowest BCUT2D eigenvalue weighted by Crippen LogP contribution is -2.15.